The van der Waals surface area contributed by atoms with Crippen LogP contribution in [-0.4, -0.2) is 22.4 Å². The molecule has 1 unspecified atom stereocenters. The highest BCUT2D eigenvalue weighted by atomic mass is 16.4. The Bertz CT molecular complexity index is 115. The summed E-state index contributed by atoms with van der Waals surface area (Å²) in [7, 11) is 0. The number of rotatable bonds is 2. The van der Waals surface area contributed by atoms with Gasteiger partial charge in [0.15, 0.2) is 0 Å². The highest BCUT2D eigenvalue weighted by Crippen LogP contribution is 1.90. The Morgan fingerprint density at radius 1 is 1.64 bits per heavy atom. The SMILES string of the molecule is C=CC(=O)O.CC(C)C(N)O. The first-order valence-corrected chi connectivity index (χ1v) is 3.20. The van der Waals surface area contributed by atoms with Gasteiger partial charge < -0.3 is 15.9 Å². The number of aliphatic hydroxyl groups is 1. The van der Waals surface area contributed by atoms with Crippen molar-refractivity contribution in [3.05, 3.63) is 12.7 Å². The Morgan fingerprint density at radius 2 is 1.82 bits per heavy atom. The minimum absolute atomic E-state index is 0.185. The summed E-state index contributed by atoms with van der Waals surface area (Å²) in [6.45, 7) is 6.69. The number of carboxylic acid groups (broad SMARTS) is 1. The van der Waals surface area contributed by atoms with Gasteiger partial charge in [-0.2, -0.15) is 0 Å². The smallest absolute Gasteiger partial charge is 0.327 e. The quantitative estimate of drug-likeness (QED) is 0.398. The molecule has 0 aliphatic carbocycles. The molecule has 0 aromatic carbocycles. The molecule has 0 aromatic rings. The third-order valence-electron chi connectivity index (χ3n) is 0.858. The maximum absolute atomic E-state index is 9.25. The fraction of sp³-hybridized carbons (Fsp3) is 0.571. The van der Waals surface area contributed by atoms with E-state index in [0.717, 1.165) is 6.08 Å². The molecule has 66 valence electrons. The highest BCUT2D eigenvalue weighted by molar-refractivity contribution is 5.78. The zero-order valence-corrected chi connectivity index (χ0v) is 6.82. The van der Waals surface area contributed by atoms with Gasteiger partial charge in [-0.15, -0.1) is 0 Å². The van der Waals surface area contributed by atoms with Crippen molar-refractivity contribution < 1.29 is 15.0 Å². The number of aliphatic carboxylic acids is 1. The van der Waals surface area contributed by atoms with Crippen LogP contribution in [0.1, 0.15) is 13.8 Å². The van der Waals surface area contributed by atoms with Gasteiger partial charge in [-0.05, 0) is 5.92 Å². The van der Waals surface area contributed by atoms with Crippen LogP contribution in [-0.2, 0) is 4.79 Å². The maximum Gasteiger partial charge on any atom is 0.327 e. The second kappa shape index (κ2) is 7.24. The van der Waals surface area contributed by atoms with Crippen LogP contribution in [0, 0.1) is 5.92 Å². The van der Waals surface area contributed by atoms with Gasteiger partial charge in [0.25, 0.3) is 0 Å². The third-order valence-corrected chi connectivity index (χ3v) is 0.858. The van der Waals surface area contributed by atoms with Gasteiger partial charge in [-0.1, -0.05) is 20.4 Å². The minimum atomic E-state index is -0.981. The van der Waals surface area contributed by atoms with Crippen LogP contribution in [0.25, 0.3) is 0 Å². The van der Waals surface area contributed by atoms with Crippen LogP contribution < -0.4 is 5.73 Å². The van der Waals surface area contributed by atoms with Crippen LogP contribution in [0.15, 0.2) is 12.7 Å². The standard InChI is InChI=1S/C4H11NO.C3H4O2/c1-3(2)4(5)6;1-2-3(4)5/h3-4,6H,5H2,1-2H3;2H,1H2,(H,4,5). The molecule has 11 heavy (non-hydrogen) atoms. The van der Waals surface area contributed by atoms with Crippen LogP contribution in [0.3, 0.4) is 0 Å². The monoisotopic (exact) mass is 161 g/mol. The van der Waals surface area contributed by atoms with E-state index in [0.29, 0.717) is 0 Å². The topological polar surface area (TPSA) is 83.5 Å². The van der Waals surface area contributed by atoms with Crippen molar-refractivity contribution in [1.82, 2.24) is 0 Å². The summed E-state index contributed by atoms with van der Waals surface area (Å²) in [6, 6.07) is 0. The Hall–Kier alpha value is -0.870. The van der Waals surface area contributed by atoms with Crippen molar-refractivity contribution in [2.45, 2.75) is 20.1 Å². The molecule has 0 saturated heterocycles. The summed E-state index contributed by atoms with van der Waals surface area (Å²) < 4.78 is 0. The molecule has 0 amide bonds. The zero-order valence-electron chi connectivity index (χ0n) is 6.82. The minimum Gasteiger partial charge on any atom is -0.478 e. The molecule has 1 atom stereocenters. The number of carboxylic acids is 1. The molecule has 0 saturated carbocycles. The Morgan fingerprint density at radius 3 is 1.82 bits per heavy atom. The highest BCUT2D eigenvalue weighted by Gasteiger charge is 1.97. The van der Waals surface area contributed by atoms with E-state index in [1.165, 1.54) is 0 Å². The summed E-state index contributed by atoms with van der Waals surface area (Å²) in [4.78, 5) is 9.25. The fourth-order valence-electron chi connectivity index (χ4n) is 0. The zero-order chi connectivity index (χ0) is 9.44. The van der Waals surface area contributed by atoms with Crippen molar-refractivity contribution >= 4 is 5.97 Å². The average Bonchev–Trinajstić information content (AvgIpc) is 1.89. The lowest BCUT2D eigenvalue weighted by molar-refractivity contribution is -0.131. The number of hydrogen-bond acceptors (Lipinski definition) is 3. The Balaban J connectivity index is 0. The number of aliphatic hydroxyl groups excluding tert-OH is 1. The first-order chi connectivity index (χ1) is 4.91. The summed E-state index contributed by atoms with van der Waals surface area (Å²) in [5.41, 5.74) is 4.99. The molecule has 4 heteroatoms. The molecular formula is C7H15NO3. The summed E-state index contributed by atoms with van der Waals surface area (Å²) in [6.07, 6.45) is 0.185. The van der Waals surface area contributed by atoms with Crippen molar-refractivity contribution in [3.63, 3.8) is 0 Å². The van der Waals surface area contributed by atoms with Gasteiger partial charge in [0, 0.05) is 6.08 Å². The Kier molecular flexibility index (Phi) is 8.41. The van der Waals surface area contributed by atoms with E-state index in [2.05, 4.69) is 6.58 Å². The van der Waals surface area contributed by atoms with E-state index in [9.17, 15) is 4.79 Å². The molecule has 0 aromatic heterocycles. The fourth-order valence-corrected chi connectivity index (χ4v) is 0. The van der Waals surface area contributed by atoms with E-state index in [1.807, 2.05) is 13.8 Å². The first-order valence-electron chi connectivity index (χ1n) is 3.20. The van der Waals surface area contributed by atoms with Gasteiger partial charge in [-0.25, -0.2) is 4.79 Å². The molecule has 0 aliphatic heterocycles. The molecule has 0 fully saturated rings. The van der Waals surface area contributed by atoms with Gasteiger partial charge in [-0.3, -0.25) is 0 Å². The first kappa shape index (κ1) is 12.8. The van der Waals surface area contributed by atoms with Crippen LogP contribution in [0.5, 0.6) is 0 Å². The van der Waals surface area contributed by atoms with Gasteiger partial charge in [0.1, 0.15) is 6.23 Å². The van der Waals surface area contributed by atoms with Crippen LogP contribution in [0.2, 0.25) is 0 Å². The van der Waals surface area contributed by atoms with Crippen LogP contribution in [0.4, 0.5) is 0 Å². The van der Waals surface area contributed by atoms with Crippen molar-refractivity contribution in [3.8, 4) is 0 Å². The van der Waals surface area contributed by atoms with E-state index in [4.69, 9.17) is 15.9 Å². The number of nitrogens with two attached hydrogens (primary N) is 1. The van der Waals surface area contributed by atoms with E-state index >= 15 is 0 Å². The normalized spacial score (nSPS) is 11.4. The molecule has 0 aliphatic rings. The van der Waals surface area contributed by atoms with Crippen molar-refractivity contribution in [2.75, 3.05) is 0 Å². The molecule has 4 nitrogen and oxygen atoms in total. The lowest BCUT2D eigenvalue weighted by Gasteiger charge is -2.04. The molecule has 0 rings (SSSR count). The van der Waals surface area contributed by atoms with Crippen molar-refractivity contribution in [2.24, 2.45) is 11.7 Å². The third kappa shape index (κ3) is 17.6. The molecule has 0 bridgehead atoms. The lowest BCUT2D eigenvalue weighted by atomic mass is 10.2. The van der Waals surface area contributed by atoms with E-state index < -0.39 is 12.2 Å². The largest absolute Gasteiger partial charge is 0.478 e. The van der Waals surface area contributed by atoms with E-state index in [1.54, 1.807) is 0 Å². The molecule has 0 heterocycles. The summed E-state index contributed by atoms with van der Waals surface area (Å²) in [5, 5.41) is 16.0. The average molecular weight is 161 g/mol. The molecule has 4 N–H and O–H groups in total. The van der Waals surface area contributed by atoms with E-state index in [-0.39, 0.29) is 5.92 Å². The van der Waals surface area contributed by atoms with Gasteiger partial charge in [0.05, 0.1) is 0 Å². The molecule has 0 radical (unpaired) electrons. The van der Waals surface area contributed by atoms with Crippen LogP contribution >= 0.6 is 0 Å². The summed E-state index contributed by atoms with van der Waals surface area (Å²) in [5.74, 6) is -0.796. The van der Waals surface area contributed by atoms with Gasteiger partial charge in [0.2, 0.25) is 0 Å². The number of carbonyl (C=O) groups is 1. The Labute approximate surface area is 66.3 Å². The predicted octanol–water partition coefficient (Wildman–Crippen LogP) is 0.177. The molecule has 0 spiro atoms. The van der Waals surface area contributed by atoms with Crippen molar-refractivity contribution in [1.29, 1.82) is 0 Å². The second-order valence-corrected chi connectivity index (χ2v) is 2.28. The second-order valence-electron chi connectivity index (χ2n) is 2.28. The maximum atomic E-state index is 9.25. The number of hydrogen-bond donors (Lipinski definition) is 3. The summed E-state index contributed by atoms with van der Waals surface area (Å²) >= 11 is 0. The van der Waals surface area contributed by atoms with Gasteiger partial charge >= 0.3 is 5.97 Å². The lowest BCUT2D eigenvalue weighted by Crippen LogP contribution is -2.24. The predicted molar refractivity (Wildman–Crippen MR) is 42.9 cm³/mol. The molecular weight excluding hydrogens is 146 g/mol.